The Kier molecular flexibility index (Phi) is 3.42. The SMILES string of the molecule is Cn1cncc1C(=O)Nc1c(F)cc(Br)cc1F. The zero-order chi connectivity index (χ0) is 13.3. The van der Waals surface area contributed by atoms with Crippen molar-refractivity contribution in [3.05, 3.63) is 46.5 Å². The average molecular weight is 316 g/mol. The van der Waals surface area contributed by atoms with Gasteiger partial charge >= 0.3 is 0 Å². The number of nitrogens with zero attached hydrogens (tertiary/aromatic N) is 2. The van der Waals surface area contributed by atoms with Crippen LogP contribution in [0.5, 0.6) is 0 Å². The minimum atomic E-state index is -0.850. The summed E-state index contributed by atoms with van der Waals surface area (Å²) in [6, 6.07) is 2.14. The van der Waals surface area contributed by atoms with E-state index in [4.69, 9.17) is 0 Å². The number of anilines is 1. The third kappa shape index (κ3) is 2.40. The number of benzene rings is 1. The van der Waals surface area contributed by atoms with Crippen LogP contribution in [0.2, 0.25) is 0 Å². The molecule has 0 aliphatic carbocycles. The Labute approximate surface area is 110 Å². The minimum absolute atomic E-state index is 0.205. The summed E-state index contributed by atoms with van der Waals surface area (Å²) in [5, 5.41) is 2.18. The normalized spacial score (nSPS) is 10.4. The molecule has 94 valence electrons. The van der Waals surface area contributed by atoms with Gasteiger partial charge in [-0.3, -0.25) is 4.79 Å². The van der Waals surface area contributed by atoms with Crippen molar-refractivity contribution in [3.8, 4) is 0 Å². The lowest BCUT2D eigenvalue weighted by molar-refractivity contribution is 0.101. The summed E-state index contributed by atoms with van der Waals surface area (Å²) in [4.78, 5) is 15.5. The fraction of sp³-hybridized carbons (Fsp3) is 0.0909. The first-order valence-corrected chi connectivity index (χ1v) is 5.70. The molecular formula is C11H8BrF2N3O. The molecule has 0 radical (unpaired) electrons. The lowest BCUT2D eigenvalue weighted by atomic mass is 10.3. The van der Waals surface area contributed by atoms with Gasteiger partial charge in [0.1, 0.15) is 11.4 Å². The smallest absolute Gasteiger partial charge is 0.274 e. The maximum atomic E-state index is 13.5. The van der Waals surface area contributed by atoms with Crippen molar-refractivity contribution in [1.82, 2.24) is 9.55 Å². The van der Waals surface area contributed by atoms with Gasteiger partial charge in [-0.2, -0.15) is 0 Å². The van der Waals surface area contributed by atoms with Gasteiger partial charge in [-0.15, -0.1) is 0 Å². The molecule has 1 aromatic heterocycles. The van der Waals surface area contributed by atoms with Crippen LogP contribution in [0.3, 0.4) is 0 Å². The average Bonchev–Trinajstić information content (AvgIpc) is 2.69. The van der Waals surface area contributed by atoms with Crippen LogP contribution in [-0.4, -0.2) is 15.5 Å². The molecule has 1 aromatic carbocycles. The van der Waals surface area contributed by atoms with Crippen LogP contribution in [0.1, 0.15) is 10.5 Å². The molecule has 1 N–H and O–H groups in total. The van der Waals surface area contributed by atoms with Crippen LogP contribution in [0.4, 0.5) is 14.5 Å². The molecule has 0 spiro atoms. The van der Waals surface area contributed by atoms with Crippen LogP contribution in [0.15, 0.2) is 29.1 Å². The molecule has 7 heteroatoms. The van der Waals surface area contributed by atoms with Gasteiger partial charge in [-0.1, -0.05) is 15.9 Å². The number of rotatable bonds is 2. The highest BCUT2D eigenvalue weighted by atomic mass is 79.9. The minimum Gasteiger partial charge on any atom is -0.330 e. The predicted octanol–water partition coefficient (Wildman–Crippen LogP) is 2.71. The van der Waals surface area contributed by atoms with E-state index in [9.17, 15) is 13.6 Å². The quantitative estimate of drug-likeness (QED) is 0.926. The number of hydrogen-bond donors (Lipinski definition) is 1. The summed E-state index contributed by atoms with van der Waals surface area (Å²) in [6.07, 6.45) is 2.73. The molecule has 1 amide bonds. The molecule has 18 heavy (non-hydrogen) atoms. The van der Waals surface area contributed by atoms with Gasteiger partial charge in [-0.05, 0) is 12.1 Å². The molecule has 0 saturated carbocycles. The van der Waals surface area contributed by atoms with Crippen LogP contribution < -0.4 is 5.32 Å². The number of imidazole rings is 1. The molecule has 0 aliphatic heterocycles. The maximum Gasteiger partial charge on any atom is 0.274 e. The fourth-order valence-electron chi connectivity index (χ4n) is 1.42. The highest BCUT2D eigenvalue weighted by Crippen LogP contribution is 2.24. The Bertz CT molecular complexity index is 589. The van der Waals surface area contributed by atoms with E-state index in [0.717, 1.165) is 12.1 Å². The number of nitrogens with one attached hydrogen (secondary N) is 1. The third-order valence-electron chi connectivity index (χ3n) is 2.29. The zero-order valence-corrected chi connectivity index (χ0v) is 10.8. The number of aryl methyl sites for hydroxylation is 1. The van der Waals surface area contributed by atoms with Crippen molar-refractivity contribution >= 4 is 27.5 Å². The Hall–Kier alpha value is -1.76. The van der Waals surface area contributed by atoms with E-state index in [-0.39, 0.29) is 10.2 Å². The highest BCUT2D eigenvalue weighted by molar-refractivity contribution is 9.10. The van der Waals surface area contributed by atoms with Crippen molar-refractivity contribution in [2.75, 3.05) is 5.32 Å². The van der Waals surface area contributed by atoms with E-state index >= 15 is 0 Å². The Balaban J connectivity index is 2.31. The summed E-state index contributed by atoms with van der Waals surface area (Å²) in [6.45, 7) is 0. The van der Waals surface area contributed by atoms with E-state index in [1.807, 2.05) is 0 Å². The van der Waals surface area contributed by atoms with Gasteiger partial charge in [0.05, 0.1) is 12.5 Å². The lowest BCUT2D eigenvalue weighted by Gasteiger charge is -2.08. The van der Waals surface area contributed by atoms with Crippen molar-refractivity contribution in [2.24, 2.45) is 7.05 Å². The molecule has 0 fully saturated rings. The van der Waals surface area contributed by atoms with Gasteiger partial charge in [0, 0.05) is 11.5 Å². The monoisotopic (exact) mass is 315 g/mol. The van der Waals surface area contributed by atoms with Crippen LogP contribution >= 0.6 is 15.9 Å². The first-order chi connectivity index (χ1) is 8.49. The number of amides is 1. The van der Waals surface area contributed by atoms with Crippen LogP contribution in [-0.2, 0) is 7.05 Å². The summed E-state index contributed by atoms with van der Waals surface area (Å²) in [7, 11) is 1.61. The zero-order valence-electron chi connectivity index (χ0n) is 9.25. The summed E-state index contributed by atoms with van der Waals surface area (Å²) in [5.74, 6) is -2.33. The summed E-state index contributed by atoms with van der Waals surface area (Å²) >= 11 is 2.96. The highest BCUT2D eigenvalue weighted by Gasteiger charge is 2.16. The van der Waals surface area contributed by atoms with Crippen LogP contribution in [0.25, 0.3) is 0 Å². The molecule has 0 atom stereocenters. The molecule has 1 heterocycles. The predicted molar refractivity (Wildman–Crippen MR) is 65.2 cm³/mol. The Morgan fingerprint density at radius 2 is 2.00 bits per heavy atom. The third-order valence-corrected chi connectivity index (χ3v) is 2.75. The number of aromatic nitrogens is 2. The van der Waals surface area contributed by atoms with E-state index in [0.29, 0.717) is 0 Å². The fourth-order valence-corrected chi connectivity index (χ4v) is 1.82. The van der Waals surface area contributed by atoms with E-state index in [1.165, 1.54) is 17.1 Å². The van der Waals surface area contributed by atoms with Gasteiger partial charge < -0.3 is 9.88 Å². The first-order valence-electron chi connectivity index (χ1n) is 4.91. The van der Waals surface area contributed by atoms with Gasteiger partial charge in [0.2, 0.25) is 0 Å². The largest absolute Gasteiger partial charge is 0.330 e. The molecule has 0 unspecified atom stereocenters. The molecule has 4 nitrogen and oxygen atoms in total. The summed E-state index contributed by atoms with van der Waals surface area (Å²) in [5.41, 5.74) is -0.277. The maximum absolute atomic E-state index is 13.5. The van der Waals surface area contributed by atoms with Crippen molar-refractivity contribution in [2.45, 2.75) is 0 Å². The summed E-state index contributed by atoms with van der Waals surface area (Å²) < 4.78 is 28.7. The second-order valence-electron chi connectivity index (χ2n) is 3.59. The Morgan fingerprint density at radius 1 is 1.39 bits per heavy atom. The molecule has 2 aromatic rings. The Morgan fingerprint density at radius 3 is 2.50 bits per heavy atom. The number of carbonyl (C=O) groups excluding carboxylic acids is 1. The number of carbonyl (C=O) groups is 1. The van der Waals surface area contributed by atoms with Crippen molar-refractivity contribution < 1.29 is 13.6 Å². The van der Waals surface area contributed by atoms with Gasteiger partial charge in [-0.25, -0.2) is 13.8 Å². The molecule has 0 bridgehead atoms. The van der Waals surface area contributed by atoms with Gasteiger partial charge in [0.15, 0.2) is 11.6 Å². The first kappa shape index (κ1) is 12.7. The number of hydrogen-bond acceptors (Lipinski definition) is 2. The van der Waals surface area contributed by atoms with E-state index < -0.39 is 23.2 Å². The topological polar surface area (TPSA) is 46.9 Å². The van der Waals surface area contributed by atoms with Crippen LogP contribution in [0, 0.1) is 11.6 Å². The van der Waals surface area contributed by atoms with Crippen molar-refractivity contribution in [1.29, 1.82) is 0 Å². The molecule has 2 rings (SSSR count). The number of halogens is 3. The molecule has 0 aliphatic rings. The van der Waals surface area contributed by atoms with E-state index in [2.05, 4.69) is 26.2 Å². The second-order valence-corrected chi connectivity index (χ2v) is 4.50. The standard InChI is InChI=1S/C11H8BrF2N3O/c1-17-5-15-4-9(17)11(18)16-10-7(13)2-6(12)3-8(10)14/h2-5H,1H3,(H,16,18). The van der Waals surface area contributed by atoms with Crippen molar-refractivity contribution in [3.63, 3.8) is 0 Å². The molecular weight excluding hydrogens is 308 g/mol. The van der Waals surface area contributed by atoms with Gasteiger partial charge in [0.25, 0.3) is 5.91 Å². The van der Waals surface area contributed by atoms with E-state index in [1.54, 1.807) is 7.05 Å². The second kappa shape index (κ2) is 4.85. The molecule has 0 saturated heterocycles. The lowest BCUT2D eigenvalue weighted by Crippen LogP contribution is -2.17.